The number of nitrogens with two attached hydrogens (primary N) is 1. The largest absolute Gasteiger partial charge is 0.493 e. The average molecular weight is 456 g/mol. The Bertz CT molecular complexity index is 1070. The molecule has 8 heteroatoms. The van der Waals surface area contributed by atoms with Gasteiger partial charge >= 0.3 is 5.97 Å². The minimum Gasteiger partial charge on any atom is -0.493 e. The van der Waals surface area contributed by atoms with Crippen LogP contribution in [0.25, 0.3) is 11.1 Å². The molecule has 3 rings (SSSR count). The molecule has 4 N–H and O–H groups in total. The lowest BCUT2D eigenvalue weighted by Gasteiger charge is -2.23. The second kappa shape index (κ2) is 11.1. The van der Waals surface area contributed by atoms with E-state index in [0.717, 1.165) is 11.1 Å². The first-order chi connectivity index (χ1) is 15.0. The molecule has 32 heavy (non-hydrogen) atoms. The molecule has 0 amide bonds. The van der Waals surface area contributed by atoms with E-state index in [1.807, 2.05) is 36.4 Å². The Labute approximate surface area is 193 Å². The molecule has 7 nitrogen and oxygen atoms in total. The van der Waals surface area contributed by atoms with Gasteiger partial charge in [-0.05, 0) is 53.1 Å². The molecule has 0 aromatic heterocycles. The van der Waals surface area contributed by atoms with E-state index in [2.05, 4.69) is 5.32 Å². The van der Waals surface area contributed by atoms with E-state index in [4.69, 9.17) is 25.4 Å². The Kier molecular flexibility index (Phi) is 8.49. The molecule has 0 fully saturated rings. The highest BCUT2D eigenvalue weighted by molar-refractivity contribution is 5.95. The topological polar surface area (TPSA) is 107 Å². The predicted molar refractivity (Wildman–Crippen MR) is 128 cm³/mol. The van der Waals surface area contributed by atoms with Gasteiger partial charge in [0.25, 0.3) is 0 Å². The van der Waals surface area contributed by atoms with Crippen molar-refractivity contribution in [1.29, 1.82) is 5.41 Å². The van der Waals surface area contributed by atoms with Crippen LogP contribution < -0.4 is 20.5 Å². The van der Waals surface area contributed by atoms with Crippen LogP contribution in [0.1, 0.15) is 17.2 Å². The Morgan fingerprint density at radius 3 is 2.06 bits per heavy atom. The molecule has 0 aliphatic carbocycles. The van der Waals surface area contributed by atoms with Gasteiger partial charge in [0.2, 0.25) is 0 Å². The predicted octanol–water partition coefficient (Wildman–Crippen LogP) is 4.40. The number of carbonyl (C=O) groups is 1. The molecule has 0 saturated carbocycles. The summed E-state index contributed by atoms with van der Waals surface area (Å²) in [5.41, 5.74) is 9.20. The fraction of sp³-hybridized carbons (Fsp3) is 0.167. The summed E-state index contributed by atoms with van der Waals surface area (Å²) in [6.45, 7) is 0. The standard InChI is InChI=1S/C24H25N3O4.ClH/c1-29-20-13-18(15-7-5-4-6-8-15)19(14-21(20)30-2)22(24(28)31-3)27-17-11-9-16(10-12-17)23(25)26;/h4-14,22,27H,1-3H3,(H3,25,26);1H. The highest BCUT2D eigenvalue weighted by Crippen LogP contribution is 2.39. The van der Waals surface area contributed by atoms with Crippen molar-refractivity contribution in [2.24, 2.45) is 5.73 Å². The van der Waals surface area contributed by atoms with Crippen LogP contribution in [0.15, 0.2) is 66.7 Å². The molecule has 3 aromatic rings. The van der Waals surface area contributed by atoms with Gasteiger partial charge < -0.3 is 25.3 Å². The number of halogens is 1. The normalized spacial score (nSPS) is 11.0. The highest BCUT2D eigenvalue weighted by Gasteiger charge is 2.27. The van der Waals surface area contributed by atoms with E-state index in [-0.39, 0.29) is 18.2 Å². The van der Waals surface area contributed by atoms with Crippen molar-refractivity contribution in [3.8, 4) is 22.6 Å². The molecule has 0 saturated heterocycles. The van der Waals surface area contributed by atoms with Crippen LogP contribution in [-0.4, -0.2) is 33.1 Å². The summed E-state index contributed by atoms with van der Waals surface area (Å²) in [6, 6.07) is 19.5. The second-order valence-electron chi connectivity index (χ2n) is 6.75. The van der Waals surface area contributed by atoms with Crippen molar-refractivity contribution in [2.45, 2.75) is 6.04 Å². The first kappa shape index (κ1) is 24.6. The molecule has 1 atom stereocenters. The third-order valence-corrected chi connectivity index (χ3v) is 4.90. The fourth-order valence-electron chi connectivity index (χ4n) is 3.30. The van der Waals surface area contributed by atoms with Crippen molar-refractivity contribution < 1.29 is 19.0 Å². The van der Waals surface area contributed by atoms with Crippen LogP contribution in [0, 0.1) is 5.41 Å². The maximum atomic E-state index is 12.8. The van der Waals surface area contributed by atoms with Crippen molar-refractivity contribution in [1.82, 2.24) is 0 Å². The number of nitrogens with one attached hydrogen (secondary N) is 2. The van der Waals surface area contributed by atoms with E-state index >= 15 is 0 Å². The summed E-state index contributed by atoms with van der Waals surface area (Å²) in [7, 11) is 4.46. The smallest absolute Gasteiger partial charge is 0.333 e. The monoisotopic (exact) mass is 455 g/mol. The van der Waals surface area contributed by atoms with Gasteiger partial charge in [-0.15, -0.1) is 12.4 Å². The van der Waals surface area contributed by atoms with Crippen LogP contribution in [0.4, 0.5) is 5.69 Å². The van der Waals surface area contributed by atoms with Crippen LogP contribution in [0.5, 0.6) is 11.5 Å². The summed E-state index contributed by atoms with van der Waals surface area (Å²) >= 11 is 0. The third kappa shape index (κ3) is 5.31. The third-order valence-electron chi connectivity index (χ3n) is 4.90. The highest BCUT2D eigenvalue weighted by atomic mass is 35.5. The second-order valence-corrected chi connectivity index (χ2v) is 6.75. The number of hydrogen-bond donors (Lipinski definition) is 3. The number of amidine groups is 1. The molecule has 3 aromatic carbocycles. The zero-order valence-electron chi connectivity index (χ0n) is 18.0. The molecular weight excluding hydrogens is 430 g/mol. The molecule has 1 unspecified atom stereocenters. The number of methoxy groups -OCH3 is 3. The molecule has 0 bridgehead atoms. The van der Waals surface area contributed by atoms with E-state index in [1.54, 1.807) is 44.6 Å². The number of esters is 1. The number of rotatable bonds is 8. The zero-order valence-corrected chi connectivity index (χ0v) is 18.9. The van der Waals surface area contributed by atoms with Gasteiger partial charge in [-0.2, -0.15) is 0 Å². The van der Waals surface area contributed by atoms with Crippen LogP contribution in [-0.2, 0) is 9.53 Å². The van der Waals surface area contributed by atoms with Crippen molar-refractivity contribution >= 4 is 29.9 Å². The van der Waals surface area contributed by atoms with Gasteiger partial charge in [0, 0.05) is 11.3 Å². The number of nitrogen functional groups attached to an aromatic ring is 1. The molecule has 168 valence electrons. The van der Waals surface area contributed by atoms with Crippen LogP contribution in [0.2, 0.25) is 0 Å². The van der Waals surface area contributed by atoms with Crippen LogP contribution >= 0.6 is 12.4 Å². The van der Waals surface area contributed by atoms with Gasteiger partial charge in [0.05, 0.1) is 21.3 Å². The van der Waals surface area contributed by atoms with Gasteiger partial charge in [0.15, 0.2) is 17.5 Å². The minimum atomic E-state index is -0.816. The first-order valence-corrected chi connectivity index (χ1v) is 9.58. The van der Waals surface area contributed by atoms with Gasteiger partial charge in [0.1, 0.15) is 5.84 Å². The summed E-state index contributed by atoms with van der Waals surface area (Å²) in [6.07, 6.45) is 0. The lowest BCUT2D eigenvalue weighted by atomic mass is 9.93. The lowest BCUT2D eigenvalue weighted by Crippen LogP contribution is -2.23. The number of hydrogen-bond acceptors (Lipinski definition) is 6. The minimum absolute atomic E-state index is 0. The summed E-state index contributed by atoms with van der Waals surface area (Å²) in [5, 5.41) is 10.8. The van der Waals surface area contributed by atoms with Gasteiger partial charge in [-0.25, -0.2) is 4.79 Å². The average Bonchev–Trinajstić information content (AvgIpc) is 2.82. The number of carbonyl (C=O) groups excluding carboxylic acids is 1. The zero-order chi connectivity index (χ0) is 22.4. The van der Waals surface area contributed by atoms with E-state index in [1.165, 1.54) is 7.11 Å². The molecule has 0 radical (unpaired) electrons. The Morgan fingerprint density at radius 1 is 0.938 bits per heavy atom. The molecule has 0 heterocycles. The summed E-state index contributed by atoms with van der Waals surface area (Å²) in [4.78, 5) is 12.8. The van der Waals surface area contributed by atoms with Crippen molar-refractivity contribution in [3.05, 3.63) is 77.9 Å². The van der Waals surface area contributed by atoms with Gasteiger partial charge in [-0.3, -0.25) is 5.41 Å². The lowest BCUT2D eigenvalue weighted by molar-refractivity contribution is -0.141. The van der Waals surface area contributed by atoms with E-state index in [9.17, 15) is 4.79 Å². The number of anilines is 1. The summed E-state index contributed by atoms with van der Waals surface area (Å²) < 4.78 is 16.1. The molecule has 0 aliphatic rings. The number of benzene rings is 3. The van der Waals surface area contributed by atoms with Crippen molar-refractivity contribution in [2.75, 3.05) is 26.6 Å². The first-order valence-electron chi connectivity index (χ1n) is 9.58. The van der Waals surface area contributed by atoms with E-state index < -0.39 is 12.0 Å². The fourth-order valence-corrected chi connectivity index (χ4v) is 3.30. The maximum absolute atomic E-state index is 12.8. The quantitative estimate of drug-likeness (QED) is 0.264. The molecule has 0 spiro atoms. The number of ether oxygens (including phenoxy) is 3. The van der Waals surface area contributed by atoms with Crippen molar-refractivity contribution in [3.63, 3.8) is 0 Å². The summed E-state index contributed by atoms with van der Waals surface area (Å²) in [5.74, 6) is 0.571. The Morgan fingerprint density at radius 2 is 1.53 bits per heavy atom. The molecular formula is C24H26ClN3O4. The maximum Gasteiger partial charge on any atom is 0.333 e. The Hall–Kier alpha value is -3.71. The van der Waals surface area contributed by atoms with Gasteiger partial charge in [-0.1, -0.05) is 30.3 Å². The molecule has 0 aliphatic heterocycles. The Balaban J connectivity index is 0.00000363. The SMILES string of the molecule is COC(=O)C(Nc1ccc(C(=N)N)cc1)c1cc(OC)c(OC)cc1-c1ccccc1.Cl. The van der Waals surface area contributed by atoms with Crippen LogP contribution in [0.3, 0.4) is 0 Å². The van der Waals surface area contributed by atoms with E-state index in [0.29, 0.717) is 28.3 Å².